The summed E-state index contributed by atoms with van der Waals surface area (Å²) in [5.74, 6) is 0. The van der Waals surface area contributed by atoms with Crippen LogP contribution in [0.5, 0.6) is 0 Å². The molecule has 2 aliphatic rings. The van der Waals surface area contributed by atoms with Crippen molar-refractivity contribution >= 4 is 21.5 Å². The molecule has 0 amide bonds. The summed E-state index contributed by atoms with van der Waals surface area (Å²) in [6.07, 6.45) is 18.3. The van der Waals surface area contributed by atoms with E-state index in [2.05, 4.69) is 108 Å². The molecule has 7 rings (SSSR count). The van der Waals surface area contributed by atoms with E-state index in [9.17, 15) is 0 Å². The van der Waals surface area contributed by atoms with Crippen LogP contribution in [0, 0.1) is 0 Å². The summed E-state index contributed by atoms with van der Waals surface area (Å²) in [7, 11) is 0. The Kier molecular flexibility index (Phi) is 10.4. The molecule has 0 saturated heterocycles. The molecule has 5 aromatic rings. The third-order valence-corrected chi connectivity index (χ3v) is 10.8. The first-order valence-corrected chi connectivity index (χ1v) is 18.4. The van der Waals surface area contributed by atoms with Crippen LogP contribution >= 0.6 is 0 Å². The molecule has 5 aromatic carbocycles. The molecular formula is C44H52N2. The Labute approximate surface area is 277 Å². The Balaban J connectivity index is 1.13. The minimum Gasteiger partial charge on any atom is -0.314 e. The Hall–Kier alpha value is -3.46. The zero-order chi connectivity index (χ0) is 31.0. The Morgan fingerprint density at radius 2 is 0.848 bits per heavy atom. The van der Waals surface area contributed by atoms with Crippen LogP contribution in [0.3, 0.4) is 0 Å². The molecule has 238 valence electrons. The zero-order valence-electron chi connectivity index (χ0n) is 27.7. The van der Waals surface area contributed by atoms with Crippen LogP contribution in [-0.2, 0) is 12.8 Å². The van der Waals surface area contributed by atoms with Crippen molar-refractivity contribution in [3.63, 3.8) is 0 Å². The predicted octanol–water partition coefficient (Wildman–Crippen LogP) is 11.0. The van der Waals surface area contributed by atoms with Crippen molar-refractivity contribution in [3.8, 4) is 22.3 Å². The van der Waals surface area contributed by atoms with E-state index < -0.39 is 0 Å². The minimum atomic E-state index is 0.726. The maximum atomic E-state index is 3.86. The van der Waals surface area contributed by atoms with Crippen molar-refractivity contribution in [1.29, 1.82) is 0 Å². The van der Waals surface area contributed by atoms with Gasteiger partial charge in [0, 0.05) is 12.1 Å². The van der Waals surface area contributed by atoms with Crippen LogP contribution in [0.1, 0.15) is 88.2 Å². The Morgan fingerprint density at radius 1 is 0.435 bits per heavy atom. The van der Waals surface area contributed by atoms with E-state index in [1.165, 1.54) is 132 Å². The van der Waals surface area contributed by atoms with E-state index in [-0.39, 0.29) is 0 Å². The minimum absolute atomic E-state index is 0.726. The van der Waals surface area contributed by atoms with Gasteiger partial charge in [-0.2, -0.15) is 0 Å². The number of benzene rings is 5. The molecule has 0 bridgehead atoms. The van der Waals surface area contributed by atoms with Crippen LogP contribution in [0.25, 0.3) is 43.8 Å². The van der Waals surface area contributed by atoms with Crippen LogP contribution < -0.4 is 10.6 Å². The summed E-state index contributed by atoms with van der Waals surface area (Å²) in [5, 5.41) is 13.1. The van der Waals surface area contributed by atoms with Gasteiger partial charge < -0.3 is 10.6 Å². The van der Waals surface area contributed by atoms with E-state index in [0.717, 1.165) is 38.0 Å². The monoisotopic (exact) mass is 608 g/mol. The third kappa shape index (κ3) is 7.40. The topological polar surface area (TPSA) is 24.1 Å². The van der Waals surface area contributed by atoms with E-state index >= 15 is 0 Å². The van der Waals surface area contributed by atoms with Crippen molar-refractivity contribution in [2.75, 3.05) is 13.1 Å². The maximum absolute atomic E-state index is 3.86. The lowest BCUT2D eigenvalue weighted by Gasteiger charge is -2.23. The average Bonchev–Trinajstić information content (AvgIpc) is 3.12. The molecule has 2 saturated carbocycles. The Morgan fingerprint density at radius 3 is 1.28 bits per heavy atom. The quantitative estimate of drug-likeness (QED) is 0.138. The molecule has 0 heterocycles. The SMILES string of the molecule is c1ccc2c(-c3ccc(-c4c(CCCNC5CCCCC5)ccc5ccccc45)cc3)c(CCCNC3CCCCC3)ccc2c1. The second-order valence-electron chi connectivity index (χ2n) is 14.0. The van der Waals surface area contributed by atoms with E-state index in [1.807, 2.05) is 0 Å². The normalized spacial score (nSPS) is 16.3. The van der Waals surface area contributed by atoms with Gasteiger partial charge in [0.1, 0.15) is 0 Å². The fourth-order valence-electron chi connectivity index (χ4n) is 8.32. The van der Waals surface area contributed by atoms with Crippen LogP contribution in [0.15, 0.2) is 97.1 Å². The first-order valence-electron chi connectivity index (χ1n) is 18.4. The lowest BCUT2D eigenvalue weighted by atomic mass is 9.88. The summed E-state index contributed by atoms with van der Waals surface area (Å²) in [6, 6.07) is 38.3. The molecule has 0 atom stereocenters. The molecule has 2 aliphatic carbocycles. The maximum Gasteiger partial charge on any atom is 0.00670 e. The number of aryl methyl sites for hydroxylation is 2. The molecule has 2 N–H and O–H groups in total. The van der Waals surface area contributed by atoms with Gasteiger partial charge in [0.2, 0.25) is 0 Å². The molecular weight excluding hydrogens is 556 g/mol. The van der Waals surface area contributed by atoms with Gasteiger partial charge in [-0.3, -0.25) is 0 Å². The van der Waals surface area contributed by atoms with Gasteiger partial charge in [-0.15, -0.1) is 0 Å². The Bertz CT molecular complexity index is 1580. The summed E-state index contributed by atoms with van der Waals surface area (Å²) >= 11 is 0. The highest BCUT2D eigenvalue weighted by Gasteiger charge is 2.16. The molecule has 0 unspecified atom stereocenters. The summed E-state index contributed by atoms with van der Waals surface area (Å²) < 4.78 is 0. The number of hydrogen-bond acceptors (Lipinski definition) is 2. The largest absolute Gasteiger partial charge is 0.314 e. The third-order valence-electron chi connectivity index (χ3n) is 10.8. The molecule has 0 aromatic heterocycles. The van der Waals surface area contributed by atoms with Crippen molar-refractivity contribution in [2.24, 2.45) is 0 Å². The van der Waals surface area contributed by atoms with E-state index in [1.54, 1.807) is 0 Å². The average molecular weight is 609 g/mol. The summed E-state index contributed by atoms with van der Waals surface area (Å²) in [4.78, 5) is 0. The van der Waals surface area contributed by atoms with Gasteiger partial charge in [-0.1, -0.05) is 136 Å². The number of fused-ring (bicyclic) bond motifs is 2. The lowest BCUT2D eigenvalue weighted by molar-refractivity contribution is 0.372. The number of hydrogen-bond donors (Lipinski definition) is 2. The van der Waals surface area contributed by atoms with Gasteiger partial charge in [0.15, 0.2) is 0 Å². The van der Waals surface area contributed by atoms with E-state index in [4.69, 9.17) is 0 Å². The first kappa shape index (κ1) is 31.2. The second kappa shape index (κ2) is 15.4. The van der Waals surface area contributed by atoms with Gasteiger partial charge in [0.05, 0.1) is 0 Å². The fraction of sp³-hybridized carbons (Fsp3) is 0.409. The fourth-order valence-corrected chi connectivity index (χ4v) is 8.32. The smallest absolute Gasteiger partial charge is 0.00670 e. The van der Waals surface area contributed by atoms with Crippen LogP contribution in [0.2, 0.25) is 0 Å². The predicted molar refractivity (Wildman–Crippen MR) is 199 cm³/mol. The zero-order valence-corrected chi connectivity index (χ0v) is 27.7. The van der Waals surface area contributed by atoms with Gasteiger partial charge in [-0.05, 0) is 119 Å². The molecule has 2 nitrogen and oxygen atoms in total. The lowest BCUT2D eigenvalue weighted by Crippen LogP contribution is -2.31. The van der Waals surface area contributed by atoms with Crippen molar-refractivity contribution in [2.45, 2.75) is 102 Å². The van der Waals surface area contributed by atoms with Crippen molar-refractivity contribution < 1.29 is 0 Å². The highest BCUT2D eigenvalue weighted by atomic mass is 14.9. The van der Waals surface area contributed by atoms with Gasteiger partial charge in [-0.25, -0.2) is 0 Å². The highest BCUT2D eigenvalue weighted by Crippen LogP contribution is 2.37. The molecule has 46 heavy (non-hydrogen) atoms. The standard InChI is InChI=1S/C44H52N2/c1-3-17-39(18-4-1)45-31-11-15-35-25-23-33-13-7-9-21-41(33)43(35)37-27-29-38(30-28-37)44-36(26-24-34-14-8-10-22-42(34)44)16-12-32-46-40-19-5-2-6-20-40/h7-10,13-14,21-30,39-40,45-46H,1-6,11-12,15-20,31-32H2. The first-order chi connectivity index (χ1) is 22.8. The van der Waals surface area contributed by atoms with Crippen molar-refractivity contribution in [3.05, 3.63) is 108 Å². The molecule has 0 aliphatic heterocycles. The van der Waals surface area contributed by atoms with Crippen LogP contribution in [0.4, 0.5) is 0 Å². The summed E-state index contributed by atoms with van der Waals surface area (Å²) in [6.45, 7) is 2.21. The van der Waals surface area contributed by atoms with Crippen LogP contribution in [-0.4, -0.2) is 25.2 Å². The summed E-state index contributed by atoms with van der Waals surface area (Å²) in [5.41, 5.74) is 8.41. The van der Waals surface area contributed by atoms with E-state index in [0.29, 0.717) is 0 Å². The van der Waals surface area contributed by atoms with Crippen molar-refractivity contribution in [1.82, 2.24) is 10.6 Å². The number of rotatable bonds is 12. The highest BCUT2D eigenvalue weighted by molar-refractivity contribution is 6.00. The molecule has 0 radical (unpaired) electrons. The molecule has 2 heteroatoms. The molecule has 2 fully saturated rings. The molecule has 0 spiro atoms. The number of nitrogens with one attached hydrogen (secondary N) is 2. The van der Waals surface area contributed by atoms with Gasteiger partial charge >= 0.3 is 0 Å². The second-order valence-corrected chi connectivity index (χ2v) is 14.0. The van der Waals surface area contributed by atoms with Gasteiger partial charge in [0.25, 0.3) is 0 Å².